The summed E-state index contributed by atoms with van der Waals surface area (Å²) in [6.45, 7) is 0. The number of nitrogen functional groups attached to an aromatic ring is 1. The fourth-order valence-corrected chi connectivity index (χ4v) is 1.66. The molecule has 1 aromatic carbocycles. The Labute approximate surface area is 81.7 Å². The van der Waals surface area contributed by atoms with Gasteiger partial charge in [0.2, 0.25) is 0 Å². The molecule has 1 amide bonds. The maximum absolute atomic E-state index is 11.3. The first-order valence-electron chi connectivity index (χ1n) is 3.84. The number of anilines is 1. The minimum Gasteiger partial charge on any atom is -0.399 e. The summed E-state index contributed by atoms with van der Waals surface area (Å²) >= 11 is 1.51. The highest BCUT2D eigenvalue weighted by atomic mass is 32.2. The highest BCUT2D eigenvalue weighted by molar-refractivity contribution is 7.98. The summed E-state index contributed by atoms with van der Waals surface area (Å²) in [5, 5.41) is 2.58. The molecular weight excluding hydrogens is 184 g/mol. The Morgan fingerprint density at radius 1 is 1.54 bits per heavy atom. The highest BCUT2D eigenvalue weighted by Crippen LogP contribution is 2.22. The lowest BCUT2D eigenvalue weighted by molar-refractivity contribution is 0.0960. The Balaban J connectivity index is 3.13. The second-order valence-electron chi connectivity index (χ2n) is 2.54. The number of nitrogens with two attached hydrogens (primary N) is 1. The van der Waals surface area contributed by atoms with Crippen LogP contribution in [0.25, 0.3) is 0 Å². The molecular formula is C9H12N2OS. The molecule has 70 valence electrons. The summed E-state index contributed by atoms with van der Waals surface area (Å²) in [6.07, 6.45) is 1.92. The monoisotopic (exact) mass is 196 g/mol. The van der Waals surface area contributed by atoms with Crippen molar-refractivity contribution in [3.8, 4) is 0 Å². The average Bonchev–Trinajstić information content (AvgIpc) is 2.16. The van der Waals surface area contributed by atoms with E-state index in [1.54, 1.807) is 25.2 Å². The first kappa shape index (κ1) is 9.92. The molecule has 0 saturated heterocycles. The summed E-state index contributed by atoms with van der Waals surface area (Å²) in [4.78, 5) is 12.2. The maximum atomic E-state index is 11.3. The number of carbonyl (C=O) groups excluding carboxylic acids is 1. The molecule has 0 aliphatic carbocycles. The molecule has 0 radical (unpaired) electrons. The van der Waals surface area contributed by atoms with E-state index in [2.05, 4.69) is 5.32 Å². The van der Waals surface area contributed by atoms with Gasteiger partial charge in [-0.05, 0) is 24.5 Å². The molecule has 0 aromatic heterocycles. The number of nitrogens with one attached hydrogen (secondary N) is 1. The van der Waals surface area contributed by atoms with E-state index in [1.807, 2.05) is 6.26 Å². The topological polar surface area (TPSA) is 55.1 Å². The summed E-state index contributed by atoms with van der Waals surface area (Å²) in [7, 11) is 1.61. The molecule has 0 spiro atoms. The first-order valence-corrected chi connectivity index (χ1v) is 5.07. The number of thioether (sulfide) groups is 1. The van der Waals surface area contributed by atoms with Crippen molar-refractivity contribution < 1.29 is 4.79 Å². The molecule has 1 rings (SSSR count). The Kier molecular flexibility index (Phi) is 3.19. The molecule has 4 heteroatoms. The van der Waals surface area contributed by atoms with Crippen LogP contribution in [0.15, 0.2) is 23.1 Å². The predicted molar refractivity (Wildman–Crippen MR) is 56.0 cm³/mol. The number of amides is 1. The van der Waals surface area contributed by atoms with Gasteiger partial charge in [-0.1, -0.05) is 0 Å². The van der Waals surface area contributed by atoms with E-state index in [-0.39, 0.29) is 5.91 Å². The molecule has 0 fully saturated rings. The largest absolute Gasteiger partial charge is 0.399 e. The zero-order valence-corrected chi connectivity index (χ0v) is 8.44. The minimum absolute atomic E-state index is 0.0793. The molecule has 0 aliphatic rings. The van der Waals surface area contributed by atoms with Gasteiger partial charge >= 0.3 is 0 Å². The zero-order valence-electron chi connectivity index (χ0n) is 7.63. The number of benzene rings is 1. The van der Waals surface area contributed by atoms with Crippen LogP contribution < -0.4 is 11.1 Å². The van der Waals surface area contributed by atoms with Crippen LogP contribution in [0.4, 0.5) is 5.69 Å². The lowest BCUT2D eigenvalue weighted by Gasteiger charge is -2.06. The summed E-state index contributed by atoms with van der Waals surface area (Å²) in [5.41, 5.74) is 6.95. The van der Waals surface area contributed by atoms with Crippen LogP contribution in [0, 0.1) is 0 Å². The van der Waals surface area contributed by atoms with Gasteiger partial charge in [0, 0.05) is 17.6 Å². The lowest BCUT2D eigenvalue weighted by atomic mass is 10.2. The fraction of sp³-hybridized carbons (Fsp3) is 0.222. The molecule has 0 bridgehead atoms. The van der Waals surface area contributed by atoms with Crippen molar-refractivity contribution in [3.05, 3.63) is 23.8 Å². The number of rotatable bonds is 2. The van der Waals surface area contributed by atoms with Gasteiger partial charge in [-0.25, -0.2) is 0 Å². The molecule has 0 unspecified atom stereocenters. The van der Waals surface area contributed by atoms with E-state index in [1.165, 1.54) is 11.8 Å². The van der Waals surface area contributed by atoms with Crippen molar-refractivity contribution in [1.82, 2.24) is 5.32 Å². The van der Waals surface area contributed by atoms with E-state index in [0.717, 1.165) is 4.90 Å². The predicted octanol–water partition coefficient (Wildman–Crippen LogP) is 1.35. The number of carbonyl (C=O) groups is 1. The summed E-state index contributed by atoms with van der Waals surface area (Å²) in [6, 6.07) is 5.26. The quantitative estimate of drug-likeness (QED) is 0.554. The van der Waals surface area contributed by atoms with Crippen LogP contribution in [-0.2, 0) is 0 Å². The smallest absolute Gasteiger partial charge is 0.252 e. The standard InChI is InChI=1S/C9H12N2OS/c1-11-9(12)7-4-3-6(10)5-8(7)13-2/h3-5H,10H2,1-2H3,(H,11,12). The van der Waals surface area contributed by atoms with Crippen LogP contribution in [0.1, 0.15) is 10.4 Å². The molecule has 1 aromatic rings. The molecule has 3 nitrogen and oxygen atoms in total. The van der Waals surface area contributed by atoms with Gasteiger partial charge in [-0.2, -0.15) is 0 Å². The Bertz CT molecular complexity index is 325. The van der Waals surface area contributed by atoms with Crippen molar-refractivity contribution in [1.29, 1.82) is 0 Å². The molecule has 0 aliphatic heterocycles. The van der Waals surface area contributed by atoms with E-state index in [9.17, 15) is 4.79 Å². The SMILES string of the molecule is CNC(=O)c1ccc(N)cc1SC. The Morgan fingerprint density at radius 3 is 2.77 bits per heavy atom. The van der Waals surface area contributed by atoms with Crippen LogP contribution >= 0.6 is 11.8 Å². The van der Waals surface area contributed by atoms with Crippen LogP contribution in [0.5, 0.6) is 0 Å². The van der Waals surface area contributed by atoms with E-state index in [4.69, 9.17) is 5.73 Å². The average molecular weight is 196 g/mol. The Morgan fingerprint density at radius 2 is 2.23 bits per heavy atom. The number of hydrogen-bond acceptors (Lipinski definition) is 3. The highest BCUT2D eigenvalue weighted by Gasteiger charge is 2.08. The minimum atomic E-state index is -0.0793. The van der Waals surface area contributed by atoms with Gasteiger partial charge in [0.05, 0.1) is 5.56 Å². The maximum Gasteiger partial charge on any atom is 0.252 e. The fourth-order valence-electron chi connectivity index (χ4n) is 1.03. The van der Waals surface area contributed by atoms with Crippen LogP contribution in [0.3, 0.4) is 0 Å². The third-order valence-corrected chi connectivity index (χ3v) is 2.47. The lowest BCUT2D eigenvalue weighted by Crippen LogP contribution is -2.18. The van der Waals surface area contributed by atoms with Crippen LogP contribution in [0.2, 0.25) is 0 Å². The van der Waals surface area contributed by atoms with Gasteiger partial charge in [0.25, 0.3) is 5.91 Å². The van der Waals surface area contributed by atoms with Crippen molar-refractivity contribution >= 4 is 23.4 Å². The third kappa shape index (κ3) is 2.15. The normalized spacial score (nSPS) is 9.69. The summed E-state index contributed by atoms with van der Waals surface area (Å²) in [5.74, 6) is -0.0793. The van der Waals surface area contributed by atoms with Gasteiger partial charge in [-0.3, -0.25) is 4.79 Å². The Hall–Kier alpha value is -1.16. The van der Waals surface area contributed by atoms with Gasteiger partial charge in [0.15, 0.2) is 0 Å². The zero-order chi connectivity index (χ0) is 9.84. The van der Waals surface area contributed by atoms with E-state index < -0.39 is 0 Å². The second kappa shape index (κ2) is 4.18. The third-order valence-electron chi connectivity index (χ3n) is 1.70. The van der Waals surface area contributed by atoms with Gasteiger partial charge < -0.3 is 11.1 Å². The molecule has 0 saturated carbocycles. The molecule has 0 atom stereocenters. The molecule has 0 heterocycles. The van der Waals surface area contributed by atoms with E-state index in [0.29, 0.717) is 11.3 Å². The molecule has 13 heavy (non-hydrogen) atoms. The van der Waals surface area contributed by atoms with Crippen molar-refractivity contribution in [2.24, 2.45) is 0 Å². The van der Waals surface area contributed by atoms with Crippen molar-refractivity contribution in [3.63, 3.8) is 0 Å². The van der Waals surface area contributed by atoms with Crippen LogP contribution in [-0.4, -0.2) is 19.2 Å². The second-order valence-corrected chi connectivity index (χ2v) is 3.39. The van der Waals surface area contributed by atoms with Crippen molar-refractivity contribution in [2.75, 3.05) is 19.0 Å². The molecule has 3 N–H and O–H groups in total. The van der Waals surface area contributed by atoms with Crippen molar-refractivity contribution in [2.45, 2.75) is 4.90 Å². The van der Waals surface area contributed by atoms with E-state index >= 15 is 0 Å². The van der Waals surface area contributed by atoms with Gasteiger partial charge in [0.1, 0.15) is 0 Å². The first-order chi connectivity index (χ1) is 6.19. The summed E-state index contributed by atoms with van der Waals surface area (Å²) < 4.78 is 0. The number of hydrogen-bond donors (Lipinski definition) is 2. The van der Waals surface area contributed by atoms with Gasteiger partial charge in [-0.15, -0.1) is 11.8 Å².